The van der Waals surface area contributed by atoms with E-state index >= 15 is 0 Å². The Morgan fingerprint density at radius 1 is 1.11 bits per heavy atom. The van der Waals surface area contributed by atoms with Crippen molar-refractivity contribution in [1.82, 2.24) is 24.5 Å². The lowest BCUT2D eigenvalue weighted by Crippen LogP contribution is -2.15. The summed E-state index contributed by atoms with van der Waals surface area (Å²) in [6.45, 7) is 0. The summed E-state index contributed by atoms with van der Waals surface area (Å²) in [4.78, 5) is 29.9. The molecule has 1 aliphatic carbocycles. The first-order chi connectivity index (χ1) is 18.5. The minimum atomic E-state index is -2.81. The van der Waals surface area contributed by atoms with Crippen LogP contribution in [0.4, 0.5) is 20.2 Å². The molecule has 5 aromatic rings. The highest BCUT2D eigenvalue weighted by atomic mass is 19.3. The molecule has 11 heteroatoms. The van der Waals surface area contributed by atoms with Crippen molar-refractivity contribution in [1.29, 1.82) is 0 Å². The number of hydrogen-bond donors (Lipinski definition) is 2. The number of halogens is 2. The molecule has 1 saturated carbocycles. The molecule has 1 fully saturated rings. The summed E-state index contributed by atoms with van der Waals surface area (Å²) in [6, 6.07) is 12.1. The van der Waals surface area contributed by atoms with Crippen LogP contribution < -0.4 is 10.6 Å². The molecule has 188 valence electrons. The highest BCUT2D eigenvalue weighted by Gasteiger charge is 2.34. The third kappa shape index (κ3) is 3.46. The van der Waals surface area contributed by atoms with Gasteiger partial charge in [0.15, 0.2) is 5.82 Å². The number of nitrogens with one attached hydrogen (secondary N) is 2. The maximum Gasteiger partial charge on any atom is 0.267 e. The van der Waals surface area contributed by atoms with Crippen LogP contribution >= 0.6 is 0 Å². The van der Waals surface area contributed by atoms with Crippen molar-refractivity contribution in [3.05, 3.63) is 89.6 Å². The summed E-state index contributed by atoms with van der Waals surface area (Å²) < 4.78 is 30.6. The number of carbonyl (C=O) groups is 2. The van der Waals surface area contributed by atoms with Gasteiger partial charge in [0, 0.05) is 40.3 Å². The second kappa shape index (κ2) is 8.30. The molecule has 1 aliphatic heterocycles. The summed E-state index contributed by atoms with van der Waals surface area (Å²) >= 11 is 0. The fraction of sp³-hybridized carbons (Fsp3) is 0.148. The molecule has 0 saturated heterocycles. The molecule has 0 spiro atoms. The lowest BCUT2D eigenvalue weighted by atomic mass is 10.0. The summed E-state index contributed by atoms with van der Waals surface area (Å²) in [5.74, 6) is -0.483. The van der Waals surface area contributed by atoms with Crippen molar-refractivity contribution < 1.29 is 18.4 Å². The first kappa shape index (κ1) is 22.3. The largest absolute Gasteiger partial charge is 0.321 e. The summed E-state index contributed by atoms with van der Waals surface area (Å²) in [7, 11) is 0. The van der Waals surface area contributed by atoms with Gasteiger partial charge < -0.3 is 10.6 Å². The highest BCUT2D eigenvalue weighted by molar-refractivity contribution is 6.25. The Kier molecular flexibility index (Phi) is 4.87. The molecule has 4 heterocycles. The smallest absolute Gasteiger partial charge is 0.267 e. The standard InChI is InChI=1S/C27H19F2N7O2/c28-24(29)18-11-15(12-30-25(18)35-10-2-9-31-35)33-27(38)19-13-32-36(23(19)14-5-6-14)21-8-7-20-22-16(21)3-1-4-17(22)26(37)34-20/h1-4,7-14,24H,5-6H2,(H,33,38)(H,34,37). The van der Waals surface area contributed by atoms with Gasteiger partial charge in [-0.25, -0.2) is 23.1 Å². The molecule has 0 bridgehead atoms. The molecule has 0 unspecified atom stereocenters. The first-order valence-corrected chi connectivity index (χ1v) is 12.0. The Balaban J connectivity index is 1.27. The minimum absolute atomic E-state index is 0.00508. The molecular formula is C27H19F2N7O2. The van der Waals surface area contributed by atoms with Gasteiger partial charge in [0.25, 0.3) is 18.2 Å². The first-order valence-electron chi connectivity index (χ1n) is 12.0. The second-order valence-corrected chi connectivity index (χ2v) is 9.29. The van der Waals surface area contributed by atoms with Crippen molar-refractivity contribution in [2.24, 2.45) is 0 Å². The van der Waals surface area contributed by atoms with Crippen LogP contribution in [-0.2, 0) is 0 Å². The monoisotopic (exact) mass is 511 g/mol. The molecule has 3 aromatic heterocycles. The Bertz CT molecular complexity index is 1760. The number of alkyl halides is 2. The Hall–Kier alpha value is -4.93. The third-order valence-corrected chi connectivity index (χ3v) is 6.86. The average Bonchev–Trinajstić information content (AvgIpc) is 3.29. The Morgan fingerprint density at radius 2 is 1.97 bits per heavy atom. The molecular weight excluding hydrogens is 492 g/mol. The molecule has 2 aliphatic rings. The fourth-order valence-electron chi connectivity index (χ4n) is 5.02. The summed E-state index contributed by atoms with van der Waals surface area (Å²) in [5.41, 5.74) is 3.00. The number of anilines is 2. The molecule has 9 nitrogen and oxygen atoms in total. The van der Waals surface area contributed by atoms with Crippen molar-refractivity contribution in [3.8, 4) is 11.5 Å². The molecule has 2 amide bonds. The molecule has 38 heavy (non-hydrogen) atoms. The predicted molar refractivity (Wildman–Crippen MR) is 135 cm³/mol. The zero-order chi connectivity index (χ0) is 26.0. The van der Waals surface area contributed by atoms with Gasteiger partial charge in [0.2, 0.25) is 0 Å². The van der Waals surface area contributed by atoms with E-state index in [4.69, 9.17) is 0 Å². The normalized spacial score (nSPS) is 14.3. The number of benzene rings is 2. The van der Waals surface area contributed by atoms with Crippen LogP contribution in [0.1, 0.15) is 57.2 Å². The van der Waals surface area contributed by atoms with E-state index in [0.29, 0.717) is 11.1 Å². The fourth-order valence-corrected chi connectivity index (χ4v) is 5.02. The predicted octanol–water partition coefficient (Wildman–Crippen LogP) is 5.24. The molecule has 0 atom stereocenters. The number of nitrogens with zero attached hydrogens (tertiary/aromatic N) is 5. The van der Waals surface area contributed by atoms with Crippen LogP contribution in [-0.4, -0.2) is 36.4 Å². The maximum absolute atomic E-state index is 13.8. The molecule has 0 radical (unpaired) electrons. The van der Waals surface area contributed by atoms with Crippen LogP contribution in [0.15, 0.2) is 67.3 Å². The maximum atomic E-state index is 13.8. The number of carbonyl (C=O) groups excluding carboxylic acids is 2. The quantitative estimate of drug-likeness (QED) is 0.324. The van der Waals surface area contributed by atoms with Crippen molar-refractivity contribution in [2.75, 3.05) is 10.6 Å². The van der Waals surface area contributed by atoms with E-state index in [0.717, 1.165) is 40.7 Å². The van der Waals surface area contributed by atoms with E-state index in [2.05, 4.69) is 25.8 Å². The van der Waals surface area contributed by atoms with E-state index in [1.807, 2.05) is 24.3 Å². The van der Waals surface area contributed by atoms with Crippen molar-refractivity contribution >= 4 is 34.0 Å². The lowest BCUT2D eigenvalue weighted by molar-refractivity contribution is 0.102. The number of rotatable bonds is 6. The van der Waals surface area contributed by atoms with Crippen LogP contribution in [0.25, 0.3) is 22.3 Å². The van der Waals surface area contributed by atoms with Crippen LogP contribution in [0.3, 0.4) is 0 Å². The third-order valence-electron chi connectivity index (χ3n) is 6.86. The van der Waals surface area contributed by atoms with Crippen LogP contribution in [0.2, 0.25) is 0 Å². The van der Waals surface area contributed by atoms with Crippen molar-refractivity contribution in [2.45, 2.75) is 25.2 Å². The molecule has 2 aromatic carbocycles. The van der Waals surface area contributed by atoms with E-state index in [-0.39, 0.29) is 28.9 Å². The SMILES string of the molecule is O=C(Nc1cnc(-n2cccn2)c(C(F)F)c1)c1cnn(-c2ccc3c4c(cccc24)C(=O)N3)c1C1CC1. The topological polar surface area (TPSA) is 107 Å². The van der Waals surface area contributed by atoms with Crippen LogP contribution in [0, 0.1) is 0 Å². The van der Waals surface area contributed by atoms with Gasteiger partial charge in [-0.2, -0.15) is 10.2 Å². The zero-order valence-corrected chi connectivity index (χ0v) is 19.7. The summed E-state index contributed by atoms with van der Waals surface area (Å²) in [6.07, 6.45) is 4.82. The van der Waals surface area contributed by atoms with Gasteiger partial charge in [-0.05, 0) is 43.2 Å². The summed E-state index contributed by atoms with van der Waals surface area (Å²) in [5, 5.41) is 15.8. The van der Waals surface area contributed by atoms with Gasteiger partial charge in [0.1, 0.15) is 0 Å². The van der Waals surface area contributed by atoms with E-state index in [9.17, 15) is 18.4 Å². The van der Waals surface area contributed by atoms with Gasteiger partial charge in [-0.1, -0.05) is 12.1 Å². The average molecular weight is 511 g/mol. The van der Waals surface area contributed by atoms with Gasteiger partial charge >= 0.3 is 0 Å². The molecule has 7 rings (SSSR count). The van der Waals surface area contributed by atoms with E-state index in [1.54, 1.807) is 16.8 Å². The van der Waals surface area contributed by atoms with E-state index < -0.39 is 12.3 Å². The highest BCUT2D eigenvalue weighted by Crippen LogP contribution is 2.44. The Morgan fingerprint density at radius 3 is 2.74 bits per heavy atom. The lowest BCUT2D eigenvalue weighted by Gasteiger charge is -2.13. The van der Waals surface area contributed by atoms with Crippen molar-refractivity contribution in [3.63, 3.8) is 0 Å². The Labute approximate surface area is 214 Å². The number of amides is 2. The van der Waals surface area contributed by atoms with Gasteiger partial charge in [-0.3, -0.25) is 9.59 Å². The van der Waals surface area contributed by atoms with Gasteiger partial charge in [0.05, 0.1) is 40.6 Å². The second-order valence-electron chi connectivity index (χ2n) is 9.29. The number of pyridine rings is 1. The van der Waals surface area contributed by atoms with Crippen LogP contribution in [0.5, 0.6) is 0 Å². The van der Waals surface area contributed by atoms with Gasteiger partial charge in [-0.15, -0.1) is 0 Å². The molecule has 2 N–H and O–H groups in total. The number of aromatic nitrogens is 5. The number of hydrogen-bond acceptors (Lipinski definition) is 5. The zero-order valence-electron chi connectivity index (χ0n) is 19.7. The minimum Gasteiger partial charge on any atom is -0.321 e. The van der Waals surface area contributed by atoms with E-state index in [1.165, 1.54) is 35.5 Å².